The van der Waals surface area contributed by atoms with Crippen LogP contribution in [0, 0.1) is 11.3 Å². The van der Waals surface area contributed by atoms with E-state index in [0.29, 0.717) is 6.61 Å². The van der Waals surface area contributed by atoms with Gasteiger partial charge >= 0.3 is 5.97 Å². The second-order valence-corrected chi connectivity index (χ2v) is 7.34. The number of hydrogen-bond donors (Lipinski definition) is 1. The minimum absolute atomic E-state index is 0.0209. The lowest BCUT2D eigenvalue weighted by Gasteiger charge is -2.07. The van der Waals surface area contributed by atoms with Crippen LogP contribution in [-0.4, -0.2) is 23.7 Å². The van der Waals surface area contributed by atoms with Crippen molar-refractivity contribution in [1.29, 1.82) is 0 Å². The third-order valence-corrected chi connectivity index (χ3v) is 5.01. The van der Waals surface area contributed by atoms with E-state index in [1.807, 2.05) is 30.5 Å². The molecule has 0 aliphatic heterocycles. The van der Waals surface area contributed by atoms with Gasteiger partial charge in [-0.3, -0.25) is 4.79 Å². The van der Waals surface area contributed by atoms with Gasteiger partial charge < -0.3 is 14.5 Å². The van der Waals surface area contributed by atoms with Crippen LogP contribution in [0.15, 0.2) is 42.6 Å². The van der Waals surface area contributed by atoms with Crippen LogP contribution < -0.4 is 0 Å². The number of aromatic amines is 1. The van der Waals surface area contributed by atoms with Gasteiger partial charge in [-0.25, -0.2) is 0 Å². The summed E-state index contributed by atoms with van der Waals surface area (Å²) in [6, 6.07) is 12.3. The number of benzene rings is 1. The van der Waals surface area contributed by atoms with Gasteiger partial charge in [0.1, 0.15) is 6.61 Å². The molecule has 134 valence electrons. The third kappa shape index (κ3) is 3.96. The summed E-state index contributed by atoms with van der Waals surface area (Å²) in [5.41, 5.74) is 3.23. The first-order valence-electron chi connectivity index (χ1n) is 9.01. The van der Waals surface area contributed by atoms with Gasteiger partial charge in [-0.1, -0.05) is 51.1 Å². The summed E-state index contributed by atoms with van der Waals surface area (Å²) in [5, 5.41) is 0. The molecule has 2 unspecified atom stereocenters. The Labute approximate surface area is 149 Å². The van der Waals surface area contributed by atoms with Crippen LogP contribution in [0.2, 0.25) is 0 Å². The molecular formula is C21H27NO3. The highest BCUT2D eigenvalue weighted by Gasteiger charge is 2.64. The fraction of sp³-hybridized carbons (Fsp3) is 0.476. The first-order chi connectivity index (χ1) is 12.0. The zero-order chi connectivity index (χ0) is 17.9. The maximum atomic E-state index is 12.4. The van der Waals surface area contributed by atoms with Crippen LogP contribution in [0.4, 0.5) is 0 Å². The fourth-order valence-electron chi connectivity index (χ4n) is 3.36. The summed E-state index contributed by atoms with van der Waals surface area (Å²) in [6.45, 7) is 7.17. The average molecular weight is 341 g/mol. The highest BCUT2D eigenvalue weighted by molar-refractivity contribution is 5.78. The van der Waals surface area contributed by atoms with Crippen LogP contribution in [-0.2, 0) is 27.3 Å². The normalized spacial score (nSPS) is 21.1. The van der Waals surface area contributed by atoms with Crippen LogP contribution in [0.25, 0.3) is 0 Å². The lowest BCUT2D eigenvalue weighted by molar-refractivity contribution is -0.148. The second-order valence-electron chi connectivity index (χ2n) is 7.34. The molecule has 1 fully saturated rings. The number of rotatable bonds is 8. The molecule has 25 heavy (non-hydrogen) atoms. The zero-order valence-corrected chi connectivity index (χ0v) is 15.2. The Balaban J connectivity index is 1.56. The Bertz CT molecular complexity index is 705. The number of H-pyrrole nitrogens is 1. The highest BCUT2D eigenvalue weighted by atomic mass is 16.5. The molecular weight excluding hydrogens is 314 g/mol. The number of hydrogen-bond acceptors (Lipinski definition) is 3. The van der Waals surface area contributed by atoms with Crippen LogP contribution in [0.3, 0.4) is 0 Å². The summed E-state index contributed by atoms with van der Waals surface area (Å²) < 4.78 is 11.4. The van der Waals surface area contributed by atoms with E-state index in [2.05, 4.69) is 37.9 Å². The minimum atomic E-state index is -0.161. The average Bonchev–Trinajstić information content (AvgIpc) is 2.91. The monoisotopic (exact) mass is 341 g/mol. The topological polar surface area (TPSA) is 51.3 Å². The van der Waals surface area contributed by atoms with Crippen molar-refractivity contribution in [2.45, 2.75) is 46.3 Å². The fourth-order valence-corrected chi connectivity index (χ4v) is 3.36. The van der Waals surface area contributed by atoms with Gasteiger partial charge in [0.2, 0.25) is 0 Å². The van der Waals surface area contributed by atoms with E-state index in [0.717, 1.165) is 24.1 Å². The minimum Gasteiger partial charge on any atom is -0.459 e. The molecule has 0 spiro atoms. The van der Waals surface area contributed by atoms with Crippen molar-refractivity contribution in [2.24, 2.45) is 11.3 Å². The highest BCUT2D eigenvalue weighted by Crippen LogP contribution is 2.54. The van der Waals surface area contributed by atoms with Gasteiger partial charge in [0.25, 0.3) is 0 Å². The predicted molar refractivity (Wildman–Crippen MR) is 97.1 cm³/mol. The van der Waals surface area contributed by atoms with Gasteiger partial charge in [-0.2, -0.15) is 0 Å². The number of aromatic nitrogens is 1. The number of esters is 1. The van der Waals surface area contributed by atoms with Crippen molar-refractivity contribution >= 4 is 5.97 Å². The van der Waals surface area contributed by atoms with E-state index in [-0.39, 0.29) is 30.0 Å². The molecule has 3 rings (SSSR count). The Kier molecular flexibility index (Phi) is 5.28. The summed E-state index contributed by atoms with van der Waals surface area (Å²) in [7, 11) is 0. The van der Waals surface area contributed by atoms with Crippen molar-refractivity contribution in [3.05, 3.63) is 59.4 Å². The van der Waals surface area contributed by atoms with Crippen LogP contribution in [0.5, 0.6) is 0 Å². The lowest BCUT2D eigenvalue weighted by atomic mass is 10.1. The largest absolute Gasteiger partial charge is 0.459 e. The molecule has 1 aromatic heterocycles. The quantitative estimate of drug-likeness (QED) is 0.736. The summed E-state index contributed by atoms with van der Waals surface area (Å²) >= 11 is 0. The Morgan fingerprint density at radius 1 is 1.20 bits per heavy atom. The molecule has 4 heteroatoms. The molecule has 0 amide bonds. The third-order valence-electron chi connectivity index (χ3n) is 5.01. The molecule has 1 saturated carbocycles. The van der Waals surface area contributed by atoms with E-state index in [4.69, 9.17) is 9.47 Å². The number of ether oxygens (including phenoxy) is 2. The van der Waals surface area contributed by atoms with Crippen LogP contribution >= 0.6 is 0 Å². The smallest absolute Gasteiger partial charge is 0.312 e. The van der Waals surface area contributed by atoms with Crippen molar-refractivity contribution in [3.8, 4) is 0 Å². The van der Waals surface area contributed by atoms with Gasteiger partial charge in [0.15, 0.2) is 0 Å². The SMILES string of the molecule is CCCOC1C(C(=O)OCc2[nH]ccc2Cc2ccccc2)C1(C)C. The maximum Gasteiger partial charge on any atom is 0.312 e. The molecule has 1 aliphatic rings. The Hall–Kier alpha value is -2.07. The van der Waals surface area contributed by atoms with Crippen molar-refractivity contribution in [1.82, 2.24) is 4.98 Å². The summed E-state index contributed by atoms with van der Waals surface area (Å²) in [4.78, 5) is 15.6. The predicted octanol–water partition coefficient (Wildman–Crippen LogP) is 4.10. The second kappa shape index (κ2) is 7.44. The first-order valence-corrected chi connectivity index (χ1v) is 9.01. The lowest BCUT2D eigenvalue weighted by Crippen LogP contribution is -2.12. The molecule has 2 aromatic rings. The molecule has 1 N–H and O–H groups in total. The first kappa shape index (κ1) is 17.7. The van der Waals surface area contributed by atoms with Crippen molar-refractivity contribution < 1.29 is 14.3 Å². The number of nitrogens with one attached hydrogen (secondary N) is 1. The molecule has 2 atom stereocenters. The molecule has 4 nitrogen and oxygen atoms in total. The van der Waals surface area contributed by atoms with Gasteiger partial charge in [-0.15, -0.1) is 0 Å². The molecule has 1 aliphatic carbocycles. The van der Waals surface area contributed by atoms with Crippen molar-refractivity contribution in [2.75, 3.05) is 6.61 Å². The molecule has 0 bridgehead atoms. The Morgan fingerprint density at radius 3 is 2.68 bits per heavy atom. The molecule has 1 aromatic carbocycles. The molecule has 0 saturated heterocycles. The van der Waals surface area contributed by atoms with E-state index in [1.54, 1.807) is 0 Å². The van der Waals surface area contributed by atoms with Gasteiger partial charge in [0.05, 0.1) is 17.7 Å². The summed E-state index contributed by atoms with van der Waals surface area (Å²) in [6.07, 6.45) is 3.66. The number of carbonyl (C=O) groups excluding carboxylic acids is 1. The van der Waals surface area contributed by atoms with E-state index in [1.165, 1.54) is 5.56 Å². The van der Waals surface area contributed by atoms with E-state index < -0.39 is 0 Å². The Morgan fingerprint density at radius 2 is 1.96 bits per heavy atom. The van der Waals surface area contributed by atoms with Gasteiger partial charge in [-0.05, 0) is 30.0 Å². The van der Waals surface area contributed by atoms with E-state index in [9.17, 15) is 4.79 Å². The molecule has 0 radical (unpaired) electrons. The van der Waals surface area contributed by atoms with Crippen LogP contribution in [0.1, 0.15) is 44.0 Å². The zero-order valence-electron chi connectivity index (χ0n) is 15.2. The summed E-state index contributed by atoms with van der Waals surface area (Å²) in [5.74, 6) is -0.321. The maximum absolute atomic E-state index is 12.4. The van der Waals surface area contributed by atoms with Crippen molar-refractivity contribution in [3.63, 3.8) is 0 Å². The van der Waals surface area contributed by atoms with Gasteiger partial charge in [0, 0.05) is 18.2 Å². The number of carbonyl (C=O) groups is 1. The van der Waals surface area contributed by atoms with E-state index >= 15 is 0 Å². The standard InChI is InChI=1S/C21H27NO3/c1-4-12-24-19-18(21(19,2)3)20(23)25-14-17-16(10-11-22-17)13-15-8-6-5-7-9-15/h5-11,18-19,22H,4,12-14H2,1-3H3. The molecule has 1 heterocycles.